The summed E-state index contributed by atoms with van der Waals surface area (Å²) in [5.41, 5.74) is 2.20. The quantitative estimate of drug-likeness (QED) is 0.246. The summed E-state index contributed by atoms with van der Waals surface area (Å²) in [6.45, 7) is 1.52. The van der Waals surface area contributed by atoms with E-state index in [0.717, 1.165) is 13.2 Å². The number of sulfonamides is 1. The molecule has 3 rings (SSSR count). The number of nitrogens with one attached hydrogen (secondary N) is 5. The van der Waals surface area contributed by atoms with Gasteiger partial charge >= 0.3 is 6.03 Å². The summed E-state index contributed by atoms with van der Waals surface area (Å²) in [6, 6.07) is -0.257. The lowest BCUT2D eigenvalue weighted by Crippen LogP contribution is -2.52. The highest BCUT2D eigenvalue weighted by molar-refractivity contribution is 7.89. The van der Waals surface area contributed by atoms with E-state index in [-0.39, 0.29) is 35.7 Å². The third kappa shape index (κ3) is 6.66. The second-order valence-corrected chi connectivity index (χ2v) is 11.6. The number of carbonyl (C=O) groups is 2. The molecule has 10 nitrogen and oxygen atoms in total. The van der Waals surface area contributed by atoms with Gasteiger partial charge in [0, 0.05) is 32.3 Å². The highest BCUT2D eigenvalue weighted by Crippen LogP contribution is 2.37. The van der Waals surface area contributed by atoms with Gasteiger partial charge in [0.1, 0.15) is 6.17 Å². The maximum Gasteiger partial charge on any atom is 0.314 e. The predicted molar refractivity (Wildman–Crippen MR) is 119 cm³/mol. The Morgan fingerprint density at radius 3 is 2.62 bits per heavy atom. The molecule has 0 aromatic carbocycles. The van der Waals surface area contributed by atoms with Crippen LogP contribution >= 0.6 is 11.6 Å². The zero-order valence-electron chi connectivity index (χ0n) is 18.4. The molecule has 184 valence electrons. The first kappa shape index (κ1) is 25.4. The van der Waals surface area contributed by atoms with Gasteiger partial charge in [-0.2, -0.15) is 0 Å². The van der Waals surface area contributed by atoms with E-state index < -0.39 is 33.4 Å². The molecular formula is C19H34ClFN6O4S. The minimum atomic E-state index is -3.81. The summed E-state index contributed by atoms with van der Waals surface area (Å²) >= 11 is 6.21. The van der Waals surface area contributed by atoms with Crippen LogP contribution in [0, 0.1) is 17.8 Å². The largest absolute Gasteiger partial charge is 0.341 e. The summed E-state index contributed by atoms with van der Waals surface area (Å²) < 4.78 is 39.6. The summed E-state index contributed by atoms with van der Waals surface area (Å²) in [5, 5.41) is 7.82. The first-order valence-corrected chi connectivity index (χ1v) is 13.1. The van der Waals surface area contributed by atoms with Crippen molar-refractivity contribution in [3.05, 3.63) is 0 Å². The molecule has 32 heavy (non-hydrogen) atoms. The van der Waals surface area contributed by atoms with Crippen molar-refractivity contribution in [2.24, 2.45) is 17.8 Å². The molecule has 2 aliphatic carbocycles. The Morgan fingerprint density at radius 1 is 1.22 bits per heavy atom. The third-order valence-corrected chi connectivity index (χ3v) is 8.48. The second-order valence-electron chi connectivity index (χ2n) is 9.28. The highest BCUT2D eigenvalue weighted by Gasteiger charge is 2.44. The van der Waals surface area contributed by atoms with E-state index in [4.69, 9.17) is 11.6 Å². The Balaban J connectivity index is 1.49. The van der Waals surface area contributed by atoms with Crippen molar-refractivity contribution >= 4 is 33.6 Å². The average molecular weight is 497 g/mol. The third-order valence-electron chi connectivity index (χ3n) is 6.74. The van der Waals surface area contributed by atoms with Crippen LogP contribution in [-0.4, -0.2) is 82.0 Å². The molecular weight excluding hydrogens is 463 g/mol. The number of hydrogen-bond acceptors (Lipinski definition) is 6. The number of alkyl halides is 2. The molecule has 1 saturated heterocycles. The topological polar surface area (TPSA) is 132 Å². The molecule has 13 heteroatoms. The summed E-state index contributed by atoms with van der Waals surface area (Å²) in [5.74, 6) is -2.00. The zero-order chi connectivity index (χ0) is 23.5. The van der Waals surface area contributed by atoms with Gasteiger partial charge in [-0.25, -0.2) is 17.6 Å². The average Bonchev–Trinajstić information content (AvgIpc) is 3.36. The summed E-state index contributed by atoms with van der Waals surface area (Å²) in [7, 11) is -0.312. The van der Waals surface area contributed by atoms with Crippen LogP contribution < -0.4 is 26.2 Å². The van der Waals surface area contributed by atoms with Crippen LogP contribution in [0.5, 0.6) is 0 Å². The van der Waals surface area contributed by atoms with Crippen molar-refractivity contribution in [2.75, 3.05) is 33.1 Å². The molecule has 0 aromatic heterocycles. The first-order valence-electron chi connectivity index (χ1n) is 11.1. The Bertz CT molecular complexity index is 790. The number of hydrazine groups is 1. The van der Waals surface area contributed by atoms with E-state index in [2.05, 4.69) is 31.1 Å². The molecule has 2 saturated carbocycles. The minimum absolute atomic E-state index is 0.0325. The lowest BCUT2D eigenvalue weighted by Gasteiger charge is -2.37. The molecule has 3 fully saturated rings. The zero-order valence-corrected chi connectivity index (χ0v) is 20.0. The summed E-state index contributed by atoms with van der Waals surface area (Å²) in [6.07, 6.45) is 1.11. The SMILES string of the molecule is CNC(=O)NC1CCC(CS(=O)(=O)NNC(=O)C2CC(C3CN(C)CN3)CC(Cl)C2F)C1. The number of nitrogens with zero attached hydrogens (tertiary/aromatic N) is 1. The van der Waals surface area contributed by atoms with Crippen molar-refractivity contribution in [1.29, 1.82) is 0 Å². The lowest BCUT2D eigenvalue weighted by atomic mass is 9.76. The predicted octanol–water partition coefficient (Wildman–Crippen LogP) is -0.132. The van der Waals surface area contributed by atoms with Gasteiger partial charge in [0.2, 0.25) is 15.9 Å². The number of likely N-dealkylation sites (N-methyl/N-ethyl adjacent to an activating group) is 1. The van der Waals surface area contributed by atoms with Gasteiger partial charge in [0.15, 0.2) is 0 Å². The van der Waals surface area contributed by atoms with Crippen LogP contribution in [0.15, 0.2) is 0 Å². The van der Waals surface area contributed by atoms with Gasteiger partial charge in [-0.3, -0.25) is 20.4 Å². The molecule has 5 N–H and O–H groups in total. The van der Waals surface area contributed by atoms with E-state index in [1.165, 1.54) is 7.05 Å². The number of carbonyl (C=O) groups excluding carboxylic acids is 2. The van der Waals surface area contributed by atoms with Crippen molar-refractivity contribution in [1.82, 2.24) is 31.1 Å². The van der Waals surface area contributed by atoms with Gasteiger partial charge in [-0.15, -0.1) is 16.4 Å². The number of halogens is 2. The second kappa shape index (κ2) is 10.8. The fraction of sp³-hybridized carbons (Fsp3) is 0.895. The smallest absolute Gasteiger partial charge is 0.314 e. The molecule has 0 bridgehead atoms. The van der Waals surface area contributed by atoms with Crippen LogP contribution in [0.25, 0.3) is 0 Å². The fourth-order valence-electron chi connectivity index (χ4n) is 5.05. The maximum atomic E-state index is 14.7. The van der Waals surface area contributed by atoms with E-state index >= 15 is 0 Å². The Kier molecular flexibility index (Phi) is 8.59. The van der Waals surface area contributed by atoms with E-state index in [9.17, 15) is 22.4 Å². The van der Waals surface area contributed by atoms with Crippen LogP contribution in [0.1, 0.15) is 32.1 Å². The van der Waals surface area contributed by atoms with Crippen LogP contribution in [0.2, 0.25) is 0 Å². The minimum Gasteiger partial charge on any atom is -0.341 e. The molecule has 7 unspecified atom stereocenters. The van der Waals surface area contributed by atoms with Gasteiger partial charge in [0.05, 0.1) is 17.0 Å². The number of rotatable bonds is 7. The van der Waals surface area contributed by atoms with Crippen molar-refractivity contribution in [3.8, 4) is 0 Å². The number of urea groups is 1. The molecule has 0 aromatic rings. The van der Waals surface area contributed by atoms with E-state index in [1.54, 1.807) is 0 Å². The van der Waals surface area contributed by atoms with E-state index in [0.29, 0.717) is 32.1 Å². The Hall–Kier alpha value is -1.21. The van der Waals surface area contributed by atoms with Crippen LogP contribution in [0.3, 0.4) is 0 Å². The number of hydrogen-bond donors (Lipinski definition) is 5. The van der Waals surface area contributed by atoms with Crippen LogP contribution in [-0.2, 0) is 14.8 Å². The van der Waals surface area contributed by atoms with Crippen LogP contribution in [0.4, 0.5) is 9.18 Å². The first-order chi connectivity index (χ1) is 15.1. The van der Waals surface area contributed by atoms with Gasteiger partial charge < -0.3 is 10.6 Å². The van der Waals surface area contributed by atoms with Gasteiger partial charge in [-0.1, -0.05) is 0 Å². The molecule has 0 spiro atoms. The standard InChI is InChI=1S/C19H34ClFN6O4S/c1-22-19(29)24-13-4-3-11(5-13)9-32(30,31)26-25-18(28)14-6-12(7-15(20)17(14)21)16-8-27(2)10-23-16/h11-17,23,26H,3-10H2,1-2H3,(H,25,28)(H2,22,24,29). The maximum absolute atomic E-state index is 14.7. The molecule has 7 atom stereocenters. The Morgan fingerprint density at radius 2 is 1.97 bits per heavy atom. The normalized spacial score (nSPS) is 36.1. The van der Waals surface area contributed by atoms with Crippen molar-refractivity contribution in [2.45, 2.75) is 55.7 Å². The molecule has 1 aliphatic heterocycles. The molecule has 0 radical (unpaired) electrons. The monoisotopic (exact) mass is 496 g/mol. The molecule has 3 amide bonds. The number of amides is 3. The van der Waals surface area contributed by atoms with Crippen molar-refractivity contribution in [3.63, 3.8) is 0 Å². The van der Waals surface area contributed by atoms with Crippen molar-refractivity contribution < 1.29 is 22.4 Å². The molecule has 3 aliphatic rings. The van der Waals surface area contributed by atoms with Gasteiger partial charge in [0.25, 0.3) is 0 Å². The van der Waals surface area contributed by atoms with E-state index in [1.807, 2.05) is 7.05 Å². The molecule has 1 heterocycles. The Labute approximate surface area is 193 Å². The lowest BCUT2D eigenvalue weighted by molar-refractivity contribution is -0.129. The summed E-state index contributed by atoms with van der Waals surface area (Å²) in [4.78, 5) is 28.3. The van der Waals surface area contributed by atoms with Gasteiger partial charge in [-0.05, 0) is 51.0 Å². The highest BCUT2D eigenvalue weighted by atomic mass is 35.5. The fourth-order valence-corrected chi connectivity index (χ4v) is 6.71.